The summed E-state index contributed by atoms with van der Waals surface area (Å²) in [6.45, 7) is 1.47. The van der Waals surface area contributed by atoms with E-state index < -0.39 is 25.5 Å². The second kappa shape index (κ2) is 4.77. The van der Waals surface area contributed by atoms with E-state index in [1.807, 2.05) is 4.72 Å². The smallest absolute Gasteiger partial charge is 0.329 e. The van der Waals surface area contributed by atoms with Crippen LogP contribution < -0.4 is 10.5 Å². The number of sulfonamides is 1. The molecule has 10 nitrogen and oxygen atoms in total. The van der Waals surface area contributed by atoms with Gasteiger partial charge in [0.25, 0.3) is 15.7 Å². The zero-order valence-corrected chi connectivity index (χ0v) is 10.9. The number of nitro groups is 1. The molecule has 0 aliphatic carbocycles. The van der Waals surface area contributed by atoms with Gasteiger partial charge in [0.1, 0.15) is 0 Å². The first-order chi connectivity index (χ1) is 9.29. The molecule has 0 aliphatic heterocycles. The van der Waals surface area contributed by atoms with Gasteiger partial charge in [-0.3, -0.25) is 10.1 Å². The van der Waals surface area contributed by atoms with Gasteiger partial charge in [-0.05, 0) is 12.1 Å². The maximum absolute atomic E-state index is 12.1. The van der Waals surface area contributed by atoms with Crippen LogP contribution in [-0.2, 0) is 10.0 Å². The molecule has 2 aromatic rings. The highest BCUT2D eigenvalue weighted by atomic mass is 32.2. The summed E-state index contributed by atoms with van der Waals surface area (Å²) in [7, 11) is -4.27. The molecule has 3 N–H and O–H groups in total. The van der Waals surface area contributed by atoms with Crippen LogP contribution in [0.4, 0.5) is 17.4 Å². The topological polar surface area (TPSA) is 154 Å². The summed E-state index contributed by atoms with van der Waals surface area (Å²) in [6, 6.07) is 2.82. The molecule has 0 radical (unpaired) electrons. The van der Waals surface area contributed by atoms with Crippen molar-refractivity contribution in [2.75, 3.05) is 10.5 Å². The summed E-state index contributed by atoms with van der Waals surface area (Å²) >= 11 is 0. The molecule has 2 rings (SSSR count). The fraction of sp³-hybridized carbons (Fsp3) is 0.111. The lowest BCUT2D eigenvalue weighted by atomic mass is 10.3. The summed E-state index contributed by atoms with van der Waals surface area (Å²) in [4.78, 5) is 9.45. The lowest BCUT2D eigenvalue weighted by Gasteiger charge is -2.05. The van der Waals surface area contributed by atoms with Gasteiger partial charge in [-0.25, -0.2) is 13.1 Å². The van der Waals surface area contributed by atoms with Gasteiger partial charge in [-0.15, -0.1) is 5.10 Å². The average Bonchev–Trinajstić information content (AvgIpc) is 2.73. The molecule has 1 aromatic carbocycles. The fourth-order valence-corrected chi connectivity index (χ4v) is 2.54. The number of nitrogens with one attached hydrogen (secondary N) is 1. The van der Waals surface area contributed by atoms with Crippen molar-refractivity contribution in [1.29, 1.82) is 0 Å². The Labute approximate surface area is 112 Å². The Bertz CT molecular complexity index is 769. The number of nitrogens with two attached hydrogens (primary N) is 1. The Kier molecular flexibility index (Phi) is 3.28. The van der Waals surface area contributed by atoms with E-state index in [-0.39, 0.29) is 17.6 Å². The lowest BCUT2D eigenvalue weighted by Crippen LogP contribution is -2.15. The molecular formula is C9H9N5O5S. The quantitative estimate of drug-likeness (QED) is 0.474. The Morgan fingerprint density at radius 3 is 2.65 bits per heavy atom. The number of hydrogen-bond acceptors (Lipinski definition) is 8. The van der Waals surface area contributed by atoms with Gasteiger partial charge in [0.15, 0.2) is 4.90 Å². The summed E-state index contributed by atoms with van der Waals surface area (Å²) in [5.74, 6) is 0.143. The van der Waals surface area contributed by atoms with Crippen molar-refractivity contribution in [3.05, 3.63) is 34.2 Å². The molecule has 0 saturated heterocycles. The lowest BCUT2D eigenvalue weighted by molar-refractivity contribution is -0.387. The third-order valence-electron chi connectivity index (χ3n) is 2.22. The monoisotopic (exact) mass is 299 g/mol. The third kappa shape index (κ3) is 2.66. The molecule has 0 fully saturated rings. The standard InChI is InChI=1S/C9H9N5O5S/c1-5-11-12-9(19-5)13-20(17,18)8-4-6(10)2-3-7(8)14(15)16/h2-4H,10H2,1H3,(H,12,13). The normalized spacial score (nSPS) is 11.2. The third-order valence-corrected chi connectivity index (χ3v) is 3.57. The van der Waals surface area contributed by atoms with Crippen molar-refractivity contribution in [2.45, 2.75) is 11.8 Å². The Balaban J connectivity index is 2.48. The largest absolute Gasteiger partial charge is 0.408 e. The van der Waals surface area contributed by atoms with Crippen LogP contribution in [0.1, 0.15) is 5.89 Å². The number of benzene rings is 1. The van der Waals surface area contributed by atoms with Crippen molar-refractivity contribution in [3.8, 4) is 0 Å². The second-order valence-electron chi connectivity index (χ2n) is 3.72. The zero-order chi connectivity index (χ0) is 14.9. The number of rotatable bonds is 4. The Morgan fingerprint density at radius 2 is 2.10 bits per heavy atom. The maximum atomic E-state index is 12.1. The molecule has 1 aromatic heterocycles. The predicted molar refractivity (Wildman–Crippen MR) is 67.4 cm³/mol. The fourth-order valence-electron chi connectivity index (χ4n) is 1.40. The van der Waals surface area contributed by atoms with Crippen LogP contribution in [0.5, 0.6) is 0 Å². The minimum atomic E-state index is -4.27. The first kappa shape index (κ1) is 13.7. The van der Waals surface area contributed by atoms with Gasteiger partial charge in [-0.1, -0.05) is 5.10 Å². The SMILES string of the molecule is Cc1nnc(NS(=O)(=O)c2cc(N)ccc2[N+](=O)[O-])o1. The minimum Gasteiger partial charge on any atom is -0.408 e. The molecule has 0 spiro atoms. The molecule has 0 unspecified atom stereocenters. The van der Waals surface area contributed by atoms with E-state index >= 15 is 0 Å². The zero-order valence-electron chi connectivity index (χ0n) is 10.1. The van der Waals surface area contributed by atoms with Crippen molar-refractivity contribution >= 4 is 27.4 Å². The number of aryl methyl sites for hydroxylation is 1. The van der Waals surface area contributed by atoms with E-state index in [0.29, 0.717) is 0 Å². The number of hydrogen-bond donors (Lipinski definition) is 2. The van der Waals surface area contributed by atoms with E-state index in [9.17, 15) is 18.5 Å². The van der Waals surface area contributed by atoms with Crippen LogP contribution in [0.25, 0.3) is 0 Å². The molecule has 11 heteroatoms. The second-order valence-corrected chi connectivity index (χ2v) is 5.37. The number of nitrogen functional groups attached to an aromatic ring is 1. The van der Waals surface area contributed by atoms with Gasteiger partial charge in [0.2, 0.25) is 5.89 Å². The van der Waals surface area contributed by atoms with E-state index in [1.54, 1.807) is 0 Å². The van der Waals surface area contributed by atoms with Gasteiger partial charge in [-0.2, -0.15) is 0 Å². The van der Waals surface area contributed by atoms with Crippen molar-refractivity contribution in [3.63, 3.8) is 0 Å². The van der Waals surface area contributed by atoms with Crippen LogP contribution >= 0.6 is 0 Å². The highest BCUT2D eigenvalue weighted by molar-refractivity contribution is 7.92. The molecule has 0 bridgehead atoms. The van der Waals surface area contributed by atoms with Crippen molar-refractivity contribution in [2.24, 2.45) is 0 Å². The maximum Gasteiger partial charge on any atom is 0.329 e. The highest BCUT2D eigenvalue weighted by Crippen LogP contribution is 2.27. The molecule has 0 aliphatic rings. The summed E-state index contributed by atoms with van der Waals surface area (Å²) in [5.41, 5.74) is 4.91. The molecule has 0 atom stereocenters. The molecule has 106 valence electrons. The average molecular weight is 299 g/mol. The van der Waals surface area contributed by atoms with Crippen LogP contribution in [0.2, 0.25) is 0 Å². The van der Waals surface area contributed by atoms with Gasteiger partial charge < -0.3 is 10.2 Å². The van der Waals surface area contributed by atoms with Gasteiger partial charge in [0, 0.05) is 18.7 Å². The van der Waals surface area contributed by atoms with E-state index in [2.05, 4.69) is 10.2 Å². The summed E-state index contributed by atoms with van der Waals surface area (Å²) in [6.07, 6.45) is 0. The minimum absolute atomic E-state index is 0.0673. The van der Waals surface area contributed by atoms with E-state index in [0.717, 1.165) is 12.1 Å². The molecule has 20 heavy (non-hydrogen) atoms. The molecular weight excluding hydrogens is 290 g/mol. The van der Waals surface area contributed by atoms with E-state index in [4.69, 9.17) is 10.2 Å². The van der Waals surface area contributed by atoms with Gasteiger partial charge >= 0.3 is 6.01 Å². The Hall–Kier alpha value is -2.69. The summed E-state index contributed by atoms with van der Waals surface area (Å²) in [5, 5.41) is 17.7. The van der Waals surface area contributed by atoms with Gasteiger partial charge in [0.05, 0.1) is 4.92 Å². The van der Waals surface area contributed by atoms with Crippen LogP contribution in [0.15, 0.2) is 27.5 Å². The Morgan fingerprint density at radius 1 is 1.40 bits per heavy atom. The van der Waals surface area contributed by atoms with Crippen molar-refractivity contribution < 1.29 is 17.8 Å². The number of aromatic nitrogens is 2. The van der Waals surface area contributed by atoms with Crippen LogP contribution in [0, 0.1) is 17.0 Å². The molecule has 1 heterocycles. The summed E-state index contributed by atoms with van der Waals surface area (Å²) < 4.78 is 31.0. The first-order valence-electron chi connectivity index (χ1n) is 5.16. The van der Waals surface area contributed by atoms with Crippen LogP contribution in [0.3, 0.4) is 0 Å². The number of anilines is 2. The number of nitrogens with zero attached hydrogens (tertiary/aromatic N) is 3. The van der Waals surface area contributed by atoms with Crippen molar-refractivity contribution in [1.82, 2.24) is 10.2 Å². The number of nitro benzene ring substituents is 1. The molecule has 0 saturated carbocycles. The molecule has 0 amide bonds. The predicted octanol–water partition coefficient (Wildman–Crippen LogP) is 0.669. The van der Waals surface area contributed by atoms with E-state index in [1.165, 1.54) is 13.0 Å². The first-order valence-corrected chi connectivity index (χ1v) is 6.65. The highest BCUT2D eigenvalue weighted by Gasteiger charge is 2.27. The van der Waals surface area contributed by atoms with Crippen LogP contribution in [-0.4, -0.2) is 23.5 Å².